The molecule has 2 heteroatoms. The lowest BCUT2D eigenvalue weighted by molar-refractivity contribution is 0.660. The first-order valence-corrected chi connectivity index (χ1v) is 25.6. The van der Waals surface area contributed by atoms with Crippen LogP contribution in [0.2, 0.25) is 0 Å². The second-order valence-corrected chi connectivity index (χ2v) is 23.6. The average Bonchev–Trinajstić information content (AvgIpc) is 3.71. The molecule has 0 aromatic heterocycles. The molecule has 2 aliphatic carbocycles. The van der Waals surface area contributed by atoms with Gasteiger partial charge in [-0.25, -0.2) is 10.0 Å². The molecule has 0 N–H and O–H groups in total. The van der Waals surface area contributed by atoms with Gasteiger partial charge in [0.05, 0.1) is 5.69 Å². The van der Waals surface area contributed by atoms with E-state index in [0.29, 0.717) is 0 Å². The van der Waals surface area contributed by atoms with Gasteiger partial charge in [-0.2, -0.15) is 0 Å². The molecule has 0 atom stereocenters. The van der Waals surface area contributed by atoms with Crippen LogP contribution in [-0.2, 0) is 16.6 Å². The number of hydrogen-bond acceptors (Lipinski definition) is 1. The third-order valence-corrected chi connectivity index (χ3v) is 17.5. The van der Waals surface area contributed by atoms with Crippen molar-refractivity contribution in [1.29, 1.82) is 0 Å². The lowest BCUT2D eigenvalue weighted by Gasteiger charge is -2.40. The summed E-state index contributed by atoms with van der Waals surface area (Å²) >= 11 is 0. The van der Waals surface area contributed by atoms with Crippen LogP contribution in [0.4, 0.5) is 17.1 Å². The Bertz CT molecular complexity index is 3370. The topological polar surface area (TPSA) is 3.24 Å². The van der Waals surface area contributed by atoms with Gasteiger partial charge in [-0.15, -0.1) is 0 Å². The van der Waals surface area contributed by atoms with Crippen molar-refractivity contribution < 1.29 is 0 Å². The smallest absolute Gasteiger partial charge is 0.0540 e. The number of fused-ring (bicyclic) bond motifs is 9. The van der Waals surface area contributed by atoms with Gasteiger partial charge in [0.25, 0.3) is 0 Å². The van der Waals surface area contributed by atoms with Crippen molar-refractivity contribution in [2.45, 2.75) is 49.2 Å². The zero-order chi connectivity index (χ0) is 44.2. The maximum atomic E-state index is 2.54. The van der Waals surface area contributed by atoms with E-state index in [0.717, 1.165) is 5.75 Å². The van der Waals surface area contributed by atoms with Crippen LogP contribution >= 0.6 is 10.0 Å². The van der Waals surface area contributed by atoms with Crippen LogP contribution in [0.5, 0.6) is 0 Å². The predicted octanol–water partition coefficient (Wildman–Crippen LogP) is 17.4. The largest absolute Gasteiger partial charge is 0.310 e. The lowest BCUT2D eigenvalue weighted by Crippen LogP contribution is -2.17. The Morgan fingerprint density at radius 1 is 0.369 bits per heavy atom. The van der Waals surface area contributed by atoms with Gasteiger partial charge in [-0.1, -0.05) is 185 Å². The second-order valence-electron chi connectivity index (χ2n) is 19.8. The third kappa shape index (κ3) is 6.14. The quantitative estimate of drug-likeness (QED) is 0.161. The van der Waals surface area contributed by atoms with E-state index in [1.165, 1.54) is 117 Å². The monoisotopic (exact) mass is 855 g/mol. The summed E-state index contributed by atoms with van der Waals surface area (Å²) in [6, 6.07) is 75.4. The van der Waals surface area contributed by atoms with Crippen LogP contribution in [0, 0.1) is 0 Å². The molecule has 0 unspecified atom stereocenters. The fourth-order valence-electron chi connectivity index (χ4n) is 11.6. The Kier molecular flexibility index (Phi) is 8.90. The van der Waals surface area contributed by atoms with Crippen molar-refractivity contribution in [2.75, 3.05) is 17.4 Å². The fraction of sp³-hybridized carbons (Fsp3) is 0.143. The van der Waals surface area contributed by atoms with Gasteiger partial charge in [-0.05, 0) is 149 Å². The first kappa shape index (κ1) is 39.7. The highest BCUT2D eigenvalue weighted by Gasteiger charge is 2.39. The molecule has 12 rings (SSSR count). The minimum absolute atomic E-state index is 0.0274. The molecular formula is C63H53NS. The summed E-state index contributed by atoms with van der Waals surface area (Å²) in [7, 11) is -1.20. The van der Waals surface area contributed by atoms with Crippen LogP contribution in [0.1, 0.15) is 55.5 Å². The summed E-state index contributed by atoms with van der Waals surface area (Å²) in [4.78, 5) is 4.02. The summed E-state index contributed by atoms with van der Waals surface area (Å²) < 4.78 is 0. The number of anilines is 3. The molecule has 1 nitrogen and oxygen atoms in total. The van der Waals surface area contributed by atoms with Gasteiger partial charge in [0, 0.05) is 33.5 Å². The highest BCUT2D eigenvalue weighted by Crippen LogP contribution is 2.62. The van der Waals surface area contributed by atoms with Crippen molar-refractivity contribution in [3.63, 3.8) is 0 Å². The molecule has 316 valence electrons. The van der Waals surface area contributed by atoms with Gasteiger partial charge < -0.3 is 4.90 Å². The molecule has 0 bridgehead atoms. The van der Waals surface area contributed by atoms with E-state index in [1.54, 1.807) is 0 Å². The van der Waals surface area contributed by atoms with Gasteiger partial charge >= 0.3 is 0 Å². The Balaban J connectivity index is 0.984. The van der Waals surface area contributed by atoms with Crippen molar-refractivity contribution in [2.24, 2.45) is 0 Å². The summed E-state index contributed by atoms with van der Waals surface area (Å²) in [6.07, 6.45) is 5.04. The number of rotatable bonds is 6. The fourth-order valence-corrected chi connectivity index (χ4v) is 14.0. The molecule has 0 fully saturated rings. The van der Waals surface area contributed by atoms with Gasteiger partial charge in [-0.3, -0.25) is 0 Å². The molecule has 0 saturated heterocycles. The molecule has 0 spiro atoms. The van der Waals surface area contributed by atoms with Crippen molar-refractivity contribution >= 4 is 27.1 Å². The molecule has 3 aliphatic rings. The zero-order valence-corrected chi connectivity index (χ0v) is 38.9. The summed E-state index contributed by atoms with van der Waals surface area (Å²) in [6.45, 7) is 9.55. The Morgan fingerprint density at radius 2 is 0.923 bits per heavy atom. The maximum Gasteiger partial charge on any atom is 0.0540 e. The summed E-state index contributed by atoms with van der Waals surface area (Å²) in [5.74, 6) is 1.03. The van der Waals surface area contributed by atoms with Crippen molar-refractivity contribution in [1.82, 2.24) is 0 Å². The van der Waals surface area contributed by atoms with E-state index in [-0.39, 0.29) is 10.8 Å². The van der Waals surface area contributed by atoms with Gasteiger partial charge in [0.1, 0.15) is 0 Å². The van der Waals surface area contributed by atoms with E-state index < -0.39 is 10.0 Å². The molecule has 0 radical (unpaired) electrons. The number of nitrogens with zero attached hydrogens (tertiary/aromatic N) is 1. The van der Waals surface area contributed by atoms with E-state index in [9.17, 15) is 0 Å². The molecule has 1 heterocycles. The van der Waals surface area contributed by atoms with Crippen molar-refractivity contribution in [3.05, 3.63) is 228 Å². The third-order valence-electron chi connectivity index (χ3n) is 14.9. The molecule has 0 amide bonds. The Hall–Kier alpha value is -6.87. The predicted molar refractivity (Wildman–Crippen MR) is 279 cm³/mol. The lowest BCUT2D eigenvalue weighted by atomic mass is 9.81. The van der Waals surface area contributed by atoms with E-state index >= 15 is 0 Å². The standard InChI is InChI=1S/C63H53NS/c1-62(2)55-25-15-13-23-54(55)61-50(24-17-26-56(61)62)44-29-33-53-48-34-30-46(36-45(48)40-65(5,6)60(53)38-44)64(59-27-16-14-22-49(59)42-20-11-8-12-21-42)47-31-35-52-51-32-28-43(41-18-9-7-10-19-41)37-57(51)63(3,4)58(52)39-47/h7-39H,40H2,1-6H3. The number of hydrogen-bond donors (Lipinski definition) is 0. The first-order chi connectivity index (χ1) is 31.5. The molecule has 1 aliphatic heterocycles. The van der Waals surface area contributed by atoms with E-state index in [4.69, 9.17) is 0 Å². The molecule has 9 aromatic carbocycles. The van der Waals surface area contributed by atoms with Gasteiger partial charge in [0.15, 0.2) is 0 Å². The Labute approximate surface area is 386 Å². The van der Waals surface area contributed by atoms with Crippen LogP contribution in [0.3, 0.4) is 0 Å². The van der Waals surface area contributed by atoms with Crippen LogP contribution in [0.25, 0.3) is 66.8 Å². The normalized spacial score (nSPS) is 15.7. The SMILES string of the molecule is CC1(C)c2cc(-c3ccccc3)ccc2-c2ccc(N(c3ccc4c(c3)CS(C)(C)c3cc(-c5cccc6c5-c5ccccc5C6(C)C)ccc3-4)c3ccccc3-c3ccccc3)cc21. The Morgan fingerprint density at radius 3 is 1.69 bits per heavy atom. The molecular weight excluding hydrogens is 803 g/mol. The molecule has 0 saturated carbocycles. The number of benzene rings is 9. The van der Waals surface area contributed by atoms with Gasteiger partial charge in [0.2, 0.25) is 0 Å². The molecule has 9 aromatic rings. The van der Waals surface area contributed by atoms with Crippen LogP contribution in [-0.4, -0.2) is 12.5 Å². The average molecular weight is 856 g/mol. The molecule has 65 heavy (non-hydrogen) atoms. The van der Waals surface area contributed by atoms with Crippen LogP contribution in [0.15, 0.2) is 205 Å². The summed E-state index contributed by atoms with van der Waals surface area (Å²) in [5, 5.41) is 0. The highest BCUT2D eigenvalue weighted by molar-refractivity contribution is 8.32. The summed E-state index contributed by atoms with van der Waals surface area (Å²) in [5.41, 5.74) is 26.1. The minimum atomic E-state index is -1.20. The van der Waals surface area contributed by atoms with Crippen LogP contribution < -0.4 is 4.90 Å². The number of para-hydroxylation sites is 1. The first-order valence-electron chi connectivity index (χ1n) is 23.0. The van der Waals surface area contributed by atoms with E-state index in [2.05, 4.69) is 245 Å². The maximum absolute atomic E-state index is 2.54. The highest BCUT2D eigenvalue weighted by atomic mass is 32.3. The minimum Gasteiger partial charge on any atom is -0.310 e. The zero-order valence-electron chi connectivity index (χ0n) is 38.1. The second kappa shape index (κ2) is 14.6. The van der Waals surface area contributed by atoms with E-state index in [1.807, 2.05) is 0 Å². The van der Waals surface area contributed by atoms with Crippen molar-refractivity contribution in [3.8, 4) is 66.8 Å².